The van der Waals surface area contributed by atoms with Crippen molar-refractivity contribution in [2.75, 3.05) is 35.5 Å². The molecule has 1 aliphatic heterocycles. The largest absolute Gasteiger partial charge is 0.456 e. The maximum absolute atomic E-state index is 14.4. The molecule has 8 nitrogen and oxygen atoms in total. The molecule has 0 aliphatic carbocycles. The van der Waals surface area contributed by atoms with Gasteiger partial charge < -0.3 is 10.1 Å². The van der Waals surface area contributed by atoms with Crippen LogP contribution in [-0.4, -0.2) is 51.3 Å². The van der Waals surface area contributed by atoms with Crippen LogP contribution in [0.4, 0.5) is 25.0 Å². The van der Waals surface area contributed by atoms with E-state index in [-0.39, 0.29) is 22.8 Å². The van der Waals surface area contributed by atoms with Crippen molar-refractivity contribution < 1.29 is 26.7 Å². The van der Waals surface area contributed by atoms with E-state index in [2.05, 4.69) is 14.9 Å². The molecule has 0 spiro atoms. The molecule has 0 unspecified atom stereocenters. The van der Waals surface area contributed by atoms with Crippen LogP contribution in [0.3, 0.4) is 0 Å². The highest BCUT2D eigenvalue weighted by atomic mass is 35.5. The number of piperidine rings is 1. The summed E-state index contributed by atoms with van der Waals surface area (Å²) in [6, 6.07) is 15.2. The smallest absolute Gasteiger partial charge is 0.322 e. The summed E-state index contributed by atoms with van der Waals surface area (Å²) in [6.07, 6.45) is 4.11. The molecule has 12 heteroatoms. The van der Waals surface area contributed by atoms with E-state index in [1.165, 1.54) is 17.0 Å². The molecule has 3 aromatic rings. The average Bonchev–Trinajstić information content (AvgIpc) is 2.92. The average molecular weight is 621 g/mol. The number of nitrogens with zero attached hydrogens (tertiary/aromatic N) is 2. The first-order valence-corrected chi connectivity index (χ1v) is 16.1. The van der Waals surface area contributed by atoms with Crippen molar-refractivity contribution >= 4 is 39.0 Å². The summed E-state index contributed by atoms with van der Waals surface area (Å²) in [5.41, 5.74) is 1.53. The number of carbonyl (C=O) groups excluding carboxylic acids is 1. The Kier molecular flexibility index (Phi) is 10.6. The first kappa shape index (κ1) is 31.5. The summed E-state index contributed by atoms with van der Waals surface area (Å²) >= 11 is 6.27. The number of anilines is 2. The fraction of sp³-hybridized carbons (Fsp3) is 0.367. The van der Waals surface area contributed by atoms with Gasteiger partial charge in [-0.1, -0.05) is 37.1 Å². The second kappa shape index (κ2) is 14.2. The van der Waals surface area contributed by atoms with Crippen LogP contribution in [0, 0.1) is 11.6 Å². The standard InChI is InChI=1S/C30H35ClF2N4O4S/c1-3-4-15-37(28-11-7-22(32)18-27(28)33)30(38)34-23-13-16-36(17-14-23)20-21-5-9-25(10-6-21)41-29-12-8-24(19-26(29)31)35-42(2,39)40/h5-12,18-19,23,35H,3-4,13-17,20H2,1-2H3,(H,34,38). The Morgan fingerprint density at radius 3 is 2.40 bits per heavy atom. The topological polar surface area (TPSA) is 91.0 Å². The zero-order valence-corrected chi connectivity index (χ0v) is 25.1. The molecule has 1 saturated heterocycles. The number of halogens is 3. The number of unbranched alkanes of at least 4 members (excludes halogenated alkanes) is 1. The van der Waals surface area contributed by atoms with Gasteiger partial charge in [0.2, 0.25) is 10.0 Å². The number of hydrogen-bond donors (Lipinski definition) is 2. The molecule has 3 aromatic carbocycles. The first-order chi connectivity index (χ1) is 20.0. The highest BCUT2D eigenvalue weighted by molar-refractivity contribution is 7.92. The number of carbonyl (C=O) groups is 1. The summed E-state index contributed by atoms with van der Waals surface area (Å²) in [5.74, 6) is -0.434. The third-order valence-corrected chi connectivity index (χ3v) is 7.79. The van der Waals surface area contributed by atoms with Crippen molar-refractivity contribution in [2.24, 2.45) is 0 Å². The number of rotatable bonds is 11. The van der Waals surface area contributed by atoms with Crippen LogP contribution in [-0.2, 0) is 16.6 Å². The summed E-state index contributed by atoms with van der Waals surface area (Å²) in [6.45, 7) is 4.64. The first-order valence-electron chi connectivity index (χ1n) is 13.8. The molecule has 1 fully saturated rings. The van der Waals surface area contributed by atoms with Crippen LogP contribution >= 0.6 is 11.6 Å². The van der Waals surface area contributed by atoms with E-state index in [0.717, 1.165) is 62.8 Å². The molecule has 2 amide bonds. The van der Waals surface area contributed by atoms with Gasteiger partial charge in [0.1, 0.15) is 23.1 Å². The number of nitrogens with one attached hydrogen (secondary N) is 2. The zero-order valence-electron chi connectivity index (χ0n) is 23.6. The third kappa shape index (κ3) is 9.04. The van der Waals surface area contributed by atoms with Gasteiger partial charge in [-0.3, -0.25) is 14.5 Å². The number of ether oxygens (including phenoxy) is 1. The van der Waals surface area contributed by atoms with Gasteiger partial charge in [-0.15, -0.1) is 0 Å². The molecule has 0 radical (unpaired) electrons. The summed E-state index contributed by atoms with van der Waals surface area (Å²) in [5, 5.41) is 3.32. The zero-order chi connectivity index (χ0) is 30.3. The van der Waals surface area contributed by atoms with Crippen LogP contribution in [0.2, 0.25) is 5.02 Å². The Morgan fingerprint density at radius 2 is 1.79 bits per heavy atom. The summed E-state index contributed by atoms with van der Waals surface area (Å²) in [4.78, 5) is 16.7. The fourth-order valence-electron chi connectivity index (χ4n) is 4.74. The number of hydrogen-bond acceptors (Lipinski definition) is 5. The molecule has 0 aromatic heterocycles. The molecule has 226 valence electrons. The van der Waals surface area contributed by atoms with Gasteiger partial charge in [-0.05, 0) is 67.3 Å². The lowest BCUT2D eigenvalue weighted by Gasteiger charge is -2.34. The van der Waals surface area contributed by atoms with Gasteiger partial charge in [-0.2, -0.15) is 0 Å². The molecular formula is C30H35ClF2N4O4S. The Labute approximate surface area is 250 Å². The van der Waals surface area contributed by atoms with E-state index in [1.807, 2.05) is 31.2 Å². The van der Waals surface area contributed by atoms with Crippen molar-refractivity contribution in [3.05, 3.63) is 82.9 Å². The molecule has 1 aliphatic rings. The maximum atomic E-state index is 14.4. The predicted molar refractivity (Wildman–Crippen MR) is 162 cm³/mol. The number of amides is 2. The summed E-state index contributed by atoms with van der Waals surface area (Å²) in [7, 11) is -3.41. The van der Waals surface area contributed by atoms with E-state index >= 15 is 0 Å². The van der Waals surface area contributed by atoms with Gasteiger partial charge in [0.05, 0.1) is 22.7 Å². The molecule has 0 atom stereocenters. The monoisotopic (exact) mass is 620 g/mol. The molecule has 42 heavy (non-hydrogen) atoms. The van der Waals surface area contributed by atoms with Gasteiger partial charge in [0.25, 0.3) is 0 Å². The minimum absolute atomic E-state index is 0.0408. The van der Waals surface area contributed by atoms with E-state index in [1.54, 1.807) is 12.1 Å². The van der Waals surface area contributed by atoms with Crippen LogP contribution in [0.25, 0.3) is 0 Å². The Bertz CT molecular complexity index is 1480. The van der Waals surface area contributed by atoms with Crippen LogP contribution < -0.4 is 19.7 Å². The Morgan fingerprint density at radius 1 is 1.07 bits per heavy atom. The van der Waals surface area contributed by atoms with Gasteiger partial charge in [0, 0.05) is 38.3 Å². The van der Waals surface area contributed by atoms with Crippen molar-refractivity contribution in [1.29, 1.82) is 0 Å². The highest BCUT2D eigenvalue weighted by Crippen LogP contribution is 2.32. The molecule has 0 bridgehead atoms. The minimum Gasteiger partial charge on any atom is -0.456 e. The molecular weight excluding hydrogens is 586 g/mol. The lowest BCUT2D eigenvalue weighted by atomic mass is 10.0. The normalized spacial score (nSPS) is 14.4. The second-order valence-electron chi connectivity index (χ2n) is 10.4. The van der Waals surface area contributed by atoms with Crippen LogP contribution in [0.1, 0.15) is 38.2 Å². The summed E-state index contributed by atoms with van der Waals surface area (Å²) < 4.78 is 58.9. The number of urea groups is 1. The second-order valence-corrected chi connectivity index (χ2v) is 12.5. The Hall–Kier alpha value is -3.41. The third-order valence-electron chi connectivity index (χ3n) is 6.89. The molecule has 4 rings (SSSR count). The van der Waals surface area contributed by atoms with E-state index in [9.17, 15) is 22.0 Å². The quantitative estimate of drug-likeness (QED) is 0.247. The minimum atomic E-state index is -3.41. The molecule has 1 heterocycles. The highest BCUT2D eigenvalue weighted by Gasteiger charge is 2.25. The SMILES string of the molecule is CCCCN(C(=O)NC1CCN(Cc2ccc(Oc3ccc(NS(C)(=O)=O)cc3Cl)cc2)CC1)c1ccc(F)cc1F. The number of benzene rings is 3. The van der Waals surface area contributed by atoms with Crippen molar-refractivity contribution in [3.63, 3.8) is 0 Å². The number of sulfonamides is 1. The van der Waals surface area contributed by atoms with Gasteiger partial charge in [-0.25, -0.2) is 22.0 Å². The lowest BCUT2D eigenvalue weighted by Crippen LogP contribution is -2.49. The predicted octanol–water partition coefficient (Wildman–Crippen LogP) is 6.76. The van der Waals surface area contributed by atoms with Crippen LogP contribution in [0.5, 0.6) is 11.5 Å². The van der Waals surface area contributed by atoms with E-state index in [4.69, 9.17) is 16.3 Å². The molecule has 2 N–H and O–H groups in total. The molecule has 0 saturated carbocycles. The van der Waals surface area contributed by atoms with E-state index in [0.29, 0.717) is 30.2 Å². The number of likely N-dealkylation sites (tertiary alicyclic amines) is 1. The van der Waals surface area contributed by atoms with E-state index < -0.39 is 21.7 Å². The van der Waals surface area contributed by atoms with Crippen molar-refractivity contribution in [2.45, 2.75) is 45.2 Å². The lowest BCUT2D eigenvalue weighted by molar-refractivity contribution is 0.188. The fourth-order valence-corrected chi connectivity index (χ4v) is 5.52. The van der Waals surface area contributed by atoms with Gasteiger partial charge in [0.15, 0.2) is 0 Å². The van der Waals surface area contributed by atoms with Gasteiger partial charge >= 0.3 is 6.03 Å². The van der Waals surface area contributed by atoms with Crippen molar-refractivity contribution in [3.8, 4) is 11.5 Å². The maximum Gasteiger partial charge on any atom is 0.322 e. The van der Waals surface area contributed by atoms with Crippen molar-refractivity contribution in [1.82, 2.24) is 10.2 Å². The van der Waals surface area contributed by atoms with Crippen LogP contribution in [0.15, 0.2) is 60.7 Å². The Balaban J connectivity index is 1.27.